The molecule has 0 aromatic carbocycles. The first-order chi connectivity index (χ1) is 8.13. The van der Waals surface area contributed by atoms with E-state index in [1.807, 2.05) is 0 Å². The minimum absolute atomic E-state index is 0.0916. The second-order valence-corrected chi connectivity index (χ2v) is 5.31. The molecule has 3 nitrogen and oxygen atoms in total. The smallest absolute Gasteiger partial charge is 0.170 e. The van der Waals surface area contributed by atoms with Gasteiger partial charge in [0.1, 0.15) is 6.10 Å². The zero-order chi connectivity index (χ0) is 12.2. The number of rotatable bonds is 1. The van der Waals surface area contributed by atoms with Gasteiger partial charge in [-0.15, -0.1) is 0 Å². The van der Waals surface area contributed by atoms with Crippen LogP contribution in [0.4, 0.5) is 0 Å². The van der Waals surface area contributed by atoms with Gasteiger partial charge in [0.25, 0.3) is 0 Å². The summed E-state index contributed by atoms with van der Waals surface area (Å²) in [7, 11) is 1.54. The van der Waals surface area contributed by atoms with Gasteiger partial charge in [-0.25, -0.2) is 0 Å². The van der Waals surface area contributed by atoms with Gasteiger partial charge in [-0.05, 0) is 36.8 Å². The summed E-state index contributed by atoms with van der Waals surface area (Å²) in [6.07, 6.45) is 6.25. The van der Waals surface area contributed by atoms with Crippen LogP contribution in [0.2, 0.25) is 0 Å². The number of fused-ring (bicyclic) bond motifs is 5. The second kappa shape index (κ2) is 3.64. The molecule has 0 spiro atoms. The van der Waals surface area contributed by atoms with Crippen molar-refractivity contribution in [2.75, 3.05) is 7.11 Å². The van der Waals surface area contributed by atoms with Crippen LogP contribution in [0.1, 0.15) is 13.3 Å². The minimum Gasteiger partial charge on any atom is -0.369 e. The molecule has 90 valence electrons. The van der Waals surface area contributed by atoms with Crippen molar-refractivity contribution in [1.29, 1.82) is 0 Å². The average Bonchev–Trinajstić information content (AvgIpc) is 2.86. The predicted octanol–water partition coefficient (Wildman–Crippen LogP) is 1.54. The van der Waals surface area contributed by atoms with Crippen molar-refractivity contribution in [3.8, 4) is 0 Å². The van der Waals surface area contributed by atoms with Gasteiger partial charge in [0.2, 0.25) is 0 Å². The zero-order valence-electron chi connectivity index (χ0n) is 10.1. The van der Waals surface area contributed by atoms with Crippen molar-refractivity contribution in [3.63, 3.8) is 0 Å². The van der Waals surface area contributed by atoms with Gasteiger partial charge in [-0.2, -0.15) is 0 Å². The Morgan fingerprint density at radius 1 is 1.18 bits per heavy atom. The van der Waals surface area contributed by atoms with E-state index in [-0.39, 0.29) is 35.2 Å². The summed E-state index contributed by atoms with van der Waals surface area (Å²) in [6, 6.07) is 0. The largest absolute Gasteiger partial charge is 0.369 e. The molecular weight excluding hydrogens is 216 g/mol. The van der Waals surface area contributed by atoms with Crippen LogP contribution < -0.4 is 0 Å². The van der Waals surface area contributed by atoms with E-state index in [1.165, 1.54) is 7.11 Å². The molecule has 0 aromatic heterocycles. The number of carbonyl (C=O) groups is 2. The quantitative estimate of drug-likeness (QED) is 0.644. The lowest BCUT2D eigenvalue weighted by atomic mass is 9.78. The lowest BCUT2D eigenvalue weighted by Crippen LogP contribution is -2.36. The Labute approximate surface area is 101 Å². The number of hydrogen-bond donors (Lipinski definition) is 0. The van der Waals surface area contributed by atoms with Crippen molar-refractivity contribution in [2.24, 2.45) is 23.7 Å². The van der Waals surface area contributed by atoms with Crippen LogP contribution in [0.5, 0.6) is 0 Å². The SMILES string of the molecule is COC1C(=O)[C@H]2[C@@H](C(=O)C=C1C)[C@H]1C=C[C@@H]2C1. The van der Waals surface area contributed by atoms with E-state index < -0.39 is 6.10 Å². The summed E-state index contributed by atoms with van der Waals surface area (Å²) in [5, 5.41) is 0. The molecule has 1 fully saturated rings. The molecule has 0 radical (unpaired) electrons. The van der Waals surface area contributed by atoms with E-state index in [4.69, 9.17) is 4.74 Å². The van der Waals surface area contributed by atoms with Crippen molar-refractivity contribution < 1.29 is 14.3 Å². The Hall–Kier alpha value is -1.22. The van der Waals surface area contributed by atoms with Crippen LogP contribution in [0, 0.1) is 23.7 Å². The summed E-state index contributed by atoms with van der Waals surface area (Å²) in [6.45, 7) is 1.81. The Kier molecular flexibility index (Phi) is 2.33. The van der Waals surface area contributed by atoms with Crippen molar-refractivity contribution in [2.45, 2.75) is 19.4 Å². The molecule has 0 saturated heterocycles. The van der Waals surface area contributed by atoms with Gasteiger partial charge in [-0.1, -0.05) is 12.2 Å². The number of ketones is 2. The first-order valence-corrected chi connectivity index (χ1v) is 6.10. The van der Waals surface area contributed by atoms with Gasteiger partial charge >= 0.3 is 0 Å². The normalized spacial score (nSPS) is 43.6. The first kappa shape index (κ1) is 10.9. The average molecular weight is 232 g/mol. The van der Waals surface area contributed by atoms with E-state index in [0.29, 0.717) is 0 Å². The number of Topliss-reactive ketones (excluding diaryl/α,β-unsaturated/α-hetero) is 1. The van der Waals surface area contributed by atoms with Gasteiger partial charge in [0.05, 0.1) is 0 Å². The molecule has 0 N–H and O–H groups in total. The molecule has 17 heavy (non-hydrogen) atoms. The zero-order valence-corrected chi connectivity index (χ0v) is 10.1. The molecule has 3 heteroatoms. The summed E-state index contributed by atoms with van der Waals surface area (Å²) >= 11 is 0. The molecule has 5 atom stereocenters. The summed E-state index contributed by atoms with van der Waals surface area (Å²) < 4.78 is 5.27. The van der Waals surface area contributed by atoms with Crippen LogP contribution >= 0.6 is 0 Å². The monoisotopic (exact) mass is 232 g/mol. The number of allylic oxidation sites excluding steroid dienone is 3. The van der Waals surface area contributed by atoms with E-state index in [9.17, 15) is 9.59 Å². The lowest BCUT2D eigenvalue weighted by Gasteiger charge is -2.25. The third kappa shape index (κ3) is 1.38. The van der Waals surface area contributed by atoms with Crippen LogP contribution in [-0.4, -0.2) is 24.8 Å². The van der Waals surface area contributed by atoms with Gasteiger partial charge < -0.3 is 4.74 Å². The second-order valence-electron chi connectivity index (χ2n) is 5.31. The maximum absolute atomic E-state index is 12.5. The lowest BCUT2D eigenvalue weighted by molar-refractivity contribution is -0.135. The topological polar surface area (TPSA) is 43.4 Å². The van der Waals surface area contributed by atoms with E-state index in [0.717, 1.165) is 12.0 Å². The molecule has 0 aliphatic heterocycles. The van der Waals surface area contributed by atoms with Crippen molar-refractivity contribution in [1.82, 2.24) is 0 Å². The van der Waals surface area contributed by atoms with Crippen molar-refractivity contribution >= 4 is 11.6 Å². The molecule has 3 aliphatic carbocycles. The minimum atomic E-state index is -0.526. The Morgan fingerprint density at radius 2 is 1.82 bits per heavy atom. The van der Waals surface area contributed by atoms with Gasteiger partial charge in [0.15, 0.2) is 11.6 Å². The van der Waals surface area contributed by atoms with Crippen LogP contribution in [0.3, 0.4) is 0 Å². The Morgan fingerprint density at radius 3 is 2.47 bits per heavy atom. The molecule has 1 saturated carbocycles. The number of hydrogen-bond acceptors (Lipinski definition) is 3. The highest BCUT2D eigenvalue weighted by molar-refractivity contribution is 6.03. The van der Waals surface area contributed by atoms with Crippen LogP contribution in [0.25, 0.3) is 0 Å². The summed E-state index contributed by atoms with van der Waals surface area (Å²) in [5.74, 6) is 0.425. The summed E-state index contributed by atoms with van der Waals surface area (Å²) in [4.78, 5) is 24.6. The number of ether oxygens (including phenoxy) is 1. The Balaban J connectivity index is 2.06. The molecule has 1 unspecified atom stereocenters. The fourth-order valence-corrected chi connectivity index (χ4v) is 3.70. The summed E-state index contributed by atoms with van der Waals surface area (Å²) in [5.41, 5.74) is 0.747. The fraction of sp³-hybridized carbons (Fsp3) is 0.571. The molecular formula is C14H16O3. The van der Waals surface area contributed by atoms with E-state index in [2.05, 4.69) is 12.2 Å². The molecule has 0 amide bonds. The predicted molar refractivity (Wildman–Crippen MR) is 62.3 cm³/mol. The third-order valence-corrected chi connectivity index (χ3v) is 4.39. The fourth-order valence-electron chi connectivity index (χ4n) is 3.70. The molecule has 2 bridgehead atoms. The van der Waals surface area contributed by atoms with Crippen LogP contribution in [0.15, 0.2) is 23.8 Å². The third-order valence-electron chi connectivity index (χ3n) is 4.39. The van der Waals surface area contributed by atoms with Crippen molar-refractivity contribution in [3.05, 3.63) is 23.8 Å². The standard InChI is InChI=1S/C14H16O3/c1-7-5-10(15)11-8-3-4-9(6-8)12(11)13(16)14(7)17-2/h3-5,8-9,11-12,14H,6H2,1-2H3/t8-,9+,11+,12+,14?/m0/s1. The van der Waals surface area contributed by atoms with Gasteiger partial charge in [0, 0.05) is 18.9 Å². The molecule has 0 heterocycles. The highest BCUT2D eigenvalue weighted by atomic mass is 16.5. The van der Waals surface area contributed by atoms with E-state index in [1.54, 1.807) is 13.0 Å². The van der Waals surface area contributed by atoms with Gasteiger partial charge in [-0.3, -0.25) is 9.59 Å². The number of carbonyl (C=O) groups excluding carboxylic acids is 2. The molecule has 0 aromatic rings. The molecule has 3 aliphatic rings. The Bertz CT molecular complexity index is 446. The number of methoxy groups -OCH3 is 1. The maximum atomic E-state index is 12.5. The van der Waals surface area contributed by atoms with Crippen LogP contribution in [-0.2, 0) is 14.3 Å². The first-order valence-electron chi connectivity index (χ1n) is 6.10. The highest BCUT2D eigenvalue weighted by Crippen LogP contribution is 2.50. The van der Waals surface area contributed by atoms with E-state index >= 15 is 0 Å². The highest BCUT2D eigenvalue weighted by Gasteiger charge is 2.53. The maximum Gasteiger partial charge on any atom is 0.170 e. The molecule has 3 rings (SSSR count).